The van der Waals surface area contributed by atoms with Crippen molar-refractivity contribution in [2.75, 3.05) is 11.9 Å². The van der Waals surface area contributed by atoms with Crippen molar-refractivity contribution >= 4 is 17.5 Å². The van der Waals surface area contributed by atoms with E-state index in [-0.39, 0.29) is 12.1 Å². The van der Waals surface area contributed by atoms with Crippen LogP contribution in [0.15, 0.2) is 96.2 Å². The molecule has 2 aromatic heterocycles. The van der Waals surface area contributed by atoms with E-state index in [0.717, 1.165) is 11.3 Å². The Hall–Kier alpha value is -4.46. The first-order valence-corrected chi connectivity index (χ1v) is 10.0. The second-order valence-corrected chi connectivity index (χ2v) is 7.07. The molecule has 0 bridgehead atoms. The molecule has 8 heteroatoms. The van der Waals surface area contributed by atoms with Crippen LogP contribution < -0.4 is 16.2 Å². The van der Waals surface area contributed by atoms with E-state index in [0.29, 0.717) is 12.2 Å². The standard InChI is InChI=1S/C24H21N5O3/c30-22(27-19-9-11-20(12-10-19)29-15-5-13-26-29)16-25-23(31)21-8-4-14-28(24(21)32)17-18-6-2-1-3-7-18/h1-15H,16-17H2,(H,25,31)(H,27,30). The molecule has 0 radical (unpaired) electrons. The maximum Gasteiger partial charge on any atom is 0.263 e. The van der Waals surface area contributed by atoms with Crippen molar-refractivity contribution < 1.29 is 9.59 Å². The summed E-state index contributed by atoms with van der Waals surface area (Å²) in [5.41, 5.74) is 1.97. The number of nitrogens with one attached hydrogen (secondary N) is 2. The molecule has 0 aliphatic rings. The van der Waals surface area contributed by atoms with E-state index in [2.05, 4.69) is 15.7 Å². The molecule has 2 heterocycles. The molecule has 0 aliphatic carbocycles. The monoisotopic (exact) mass is 427 g/mol. The number of benzene rings is 2. The van der Waals surface area contributed by atoms with Crippen LogP contribution in [-0.2, 0) is 11.3 Å². The fourth-order valence-corrected chi connectivity index (χ4v) is 3.19. The van der Waals surface area contributed by atoms with Crippen molar-refractivity contribution in [3.8, 4) is 5.69 Å². The Morgan fingerprint density at radius 3 is 2.38 bits per heavy atom. The number of nitrogens with zero attached hydrogens (tertiary/aromatic N) is 3. The van der Waals surface area contributed by atoms with Crippen molar-refractivity contribution in [1.29, 1.82) is 0 Å². The lowest BCUT2D eigenvalue weighted by molar-refractivity contribution is -0.115. The van der Waals surface area contributed by atoms with Crippen LogP contribution in [0.1, 0.15) is 15.9 Å². The highest BCUT2D eigenvalue weighted by atomic mass is 16.2. The van der Waals surface area contributed by atoms with Crippen LogP contribution in [0.2, 0.25) is 0 Å². The van der Waals surface area contributed by atoms with E-state index < -0.39 is 17.4 Å². The summed E-state index contributed by atoms with van der Waals surface area (Å²) >= 11 is 0. The van der Waals surface area contributed by atoms with E-state index in [1.54, 1.807) is 35.3 Å². The third-order valence-electron chi connectivity index (χ3n) is 4.79. The Balaban J connectivity index is 1.35. The average molecular weight is 427 g/mol. The molecule has 4 rings (SSSR count). The van der Waals surface area contributed by atoms with Gasteiger partial charge in [-0.2, -0.15) is 5.10 Å². The lowest BCUT2D eigenvalue weighted by Crippen LogP contribution is -2.37. The summed E-state index contributed by atoms with van der Waals surface area (Å²) < 4.78 is 3.17. The maximum absolute atomic E-state index is 12.7. The number of rotatable bonds is 7. The number of hydrogen-bond donors (Lipinski definition) is 2. The average Bonchev–Trinajstić information content (AvgIpc) is 3.35. The van der Waals surface area contributed by atoms with Crippen molar-refractivity contribution in [2.45, 2.75) is 6.54 Å². The van der Waals surface area contributed by atoms with Crippen molar-refractivity contribution in [2.24, 2.45) is 0 Å². The summed E-state index contributed by atoms with van der Waals surface area (Å²) in [4.78, 5) is 37.4. The highest BCUT2D eigenvalue weighted by molar-refractivity contribution is 5.99. The molecule has 2 aromatic carbocycles. The molecule has 0 spiro atoms. The predicted octanol–water partition coefficient (Wildman–Crippen LogP) is 2.45. The second kappa shape index (κ2) is 9.57. The Kier molecular flexibility index (Phi) is 6.22. The first kappa shape index (κ1) is 20.8. The number of carbonyl (C=O) groups is 2. The van der Waals surface area contributed by atoms with Gasteiger partial charge in [-0.1, -0.05) is 30.3 Å². The SMILES string of the molecule is O=C(CNC(=O)c1cccn(Cc2ccccc2)c1=O)Nc1ccc(-n2cccn2)cc1. The van der Waals surface area contributed by atoms with Crippen LogP contribution in [0.4, 0.5) is 5.69 Å². The lowest BCUT2D eigenvalue weighted by Gasteiger charge is -2.10. The molecule has 0 fully saturated rings. The van der Waals surface area contributed by atoms with E-state index in [9.17, 15) is 14.4 Å². The zero-order valence-corrected chi connectivity index (χ0v) is 17.1. The molecule has 32 heavy (non-hydrogen) atoms. The van der Waals surface area contributed by atoms with Crippen molar-refractivity contribution in [1.82, 2.24) is 19.7 Å². The molecular weight excluding hydrogens is 406 g/mol. The molecule has 4 aromatic rings. The summed E-state index contributed by atoms with van der Waals surface area (Å²) in [7, 11) is 0. The first-order valence-electron chi connectivity index (χ1n) is 10.0. The Morgan fingerprint density at radius 1 is 0.875 bits per heavy atom. The Bertz CT molecular complexity index is 1260. The molecule has 0 saturated heterocycles. The maximum atomic E-state index is 12.7. The number of hydrogen-bond acceptors (Lipinski definition) is 4. The Morgan fingerprint density at radius 2 is 1.66 bits per heavy atom. The van der Waals surface area contributed by atoms with Gasteiger partial charge >= 0.3 is 0 Å². The number of anilines is 1. The van der Waals surface area contributed by atoms with Gasteiger partial charge in [-0.25, -0.2) is 4.68 Å². The molecule has 0 unspecified atom stereocenters. The number of aromatic nitrogens is 3. The van der Waals surface area contributed by atoms with Crippen molar-refractivity contribution in [3.05, 3.63) is 113 Å². The van der Waals surface area contributed by atoms with Crippen LogP contribution in [0.25, 0.3) is 5.69 Å². The van der Waals surface area contributed by atoms with Gasteiger partial charge in [0.25, 0.3) is 11.5 Å². The van der Waals surface area contributed by atoms with Gasteiger partial charge in [0.1, 0.15) is 5.56 Å². The normalized spacial score (nSPS) is 10.5. The first-order chi connectivity index (χ1) is 15.6. The van der Waals surface area contributed by atoms with E-state index in [4.69, 9.17) is 0 Å². The van der Waals surface area contributed by atoms with Gasteiger partial charge in [-0.05, 0) is 48.0 Å². The minimum atomic E-state index is -0.596. The van der Waals surface area contributed by atoms with Gasteiger partial charge in [-0.15, -0.1) is 0 Å². The molecule has 160 valence electrons. The van der Waals surface area contributed by atoms with Gasteiger partial charge < -0.3 is 15.2 Å². The number of pyridine rings is 1. The molecule has 2 amide bonds. The van der Waals surface area contributed by atoms with Crippen LogP contribution in [-0.4, -0.2) is 32.7 Å². The highest BCUT2D eigenvalue weighted by Crippen LogP contribution is 2.12. The zero-order chi connectivity index (χ0) is 22.3. The minimum Gasteiger partial charge on any atom is -0.343 e. The summed E-state index contributed by atoms with van der Waals surface area (Å²) in [5, 5.41) is 9.37. The van der Waals surface area contributed by atoms with Gasteiger partial charge in [0.2, 0.25) is 5.91 Å². The van der Waals surface area contributed by atoms with E-state index in [1.165, 1.54) is 10.6 Å². The fraction of sp³-hybridized carbons (Fsp3) is 0.0833. The second-order valence-electron chi connectivity index (χ2n) is 7.07. The number of amides is 2. The summed E-state index contributed by atoms with van der Waals surface area (Å²) in [6.07, 6.45) is 5.13. The smallest absolute Gasteiger partial charge is 0.263 e. The molecule has 8 nitrogen and oxygen atoms in total. The predicted molar refractivity (Wildman–Crippen MR) is 121 cm³/mol. The van der Waals surface area contributed by atoms with Crippen LogP contribution >= 0.6 is 0 Å². The minimum absolute atomic E-state index is 0.0141. The van der Waals surface area contributed by atoms with Crippen LogP contribution in [0.5, 0.6) is 0 Å². The number of carbonyl (C=O) groups excluding carboxylic acids is 2. The molecule has 0 aliphatic heterocycles. The Labute approximate surface area is 184 Å². The van der Waals surface area contributed by atoms with Gasteiger partial charge in [0.15, 0.2) is 0 Å². The lowest BCUT2D eigenvalue weighted by atomic mass is 10.2. The van der Waals surface area contributed by atoms with E-state index >= 15 is 0 Å². The van der Waals surface area contributed by atoms with Gasteiger partial charge in [0, 0.05) is 24.3 Å². The molecular formula is C24H21N5O3. The highest BCUT2D eigenvalue weighted by Gasteiger charge is 2.13. The fourth-order valence-electron chi connectivity index (χ4n) is 3.19. The molecule has 2 N–H and O–H groups in total. The zero-order valence-electron chi connectivity index (χ0n) is 17.1. The van der Waals surface area contributed by atoms with E-state index in [1.807, 2.05) is 54.7 Å². The summed E-state index contributed by atoms with van der Waals surface area (Å²) in [6.45, 7) is 0.0998. The van der Waals surface area contributed by atoms with Crippen molar-refractivity contribution in [3.63, 3.8) is 0 Å². The van der Waals surface area contributed by atoms with Crippen LogP contribution in [0.3, 0.4) is 0 Å². The topological polar surface area (TPSA) is 98.0 Å². The molecule has 0 atom stereocenters. The van der Waals surface area contributed by atoms with Gasteiger partial charge in [-0.3, -0.25) is 14.4 Å². The summed E-state index contributed by atoms with van der Waals surface area (Å²) in [5.74, 6) is -0.993. The quantitative estimate of drug-likeness (QED) is 0.473. The van der Waals surface area contributed by atoms with Gasteiger partial charge in [0.05, 0.1) is 18.8 Å². The van der Waals surface area contributed by atoms with Crippen LogP contribution in [0, 0.1) is 0 Å². The third kappa shape index (κ3) is 4.99. The largest absolute Gasteiger partial charge is 0.343 e. The third-order valence-corrected chi connectivity index (χ3v) is 4.79. The molecule has 0 saturated carbocycles. The summed E-state index contributed by atoms with van der Waals surface area (Å²) in [6, 6.07) is 21.5.